The molecule has 0 aromatic heterocycles. The van der Waals surface area contributed by atoms with Crippen LogP contribution in [0.15, 0.2) is 97.1 Å². The Morgan fingerprint density at radius 1 is 0.588 bits per heavy atom. The topological polar surface area (TPSA) is 12.0 Å². The summed E-state index contributed by atoms with van der Waals surface area (Å²) >= 11 is 0. The van der Waals surface area contributed by atoms with E-state index in [4.69, 9.17) is 0 Å². The smallest absolute Gasteiger partial charge is 0.0390 e. The van der Waals surface area contributed by atoms with E-state index in [1.807, 2.05) is 0 Å². The van der Waals surface area contributed by atoms with Crippen molar-refractivity contribution in [1.82, 2.24) is 0 Å². The molecule has 4 aliphatic carbocycles. The van der Waals surface area contributed by atoms with Gasteiger partial charge in [-0.2, -0.15) is 0 Å². The lowest BCUT2D eigenvalue weighted by molar-refractivity contribution is -0.144. The van der Waals surface area contributed by atoms with Gasteiger partial charge >= 0.3 is 0 Å². The Labute approximate surface area is 201 Å². The first-order valence-electron chi connectivity index (χ1n) is 13.0. The summed E-state index contributed by atoms with van der Waals surface area (Å²) in [6.45, 7) is 0. The van der Waals surface area contributed by atoms with Crippen LogP contribution in [0.2, 0.25) is 0 Å². The third kappa shape index (κ3) is 2.50. The van der Waals surface area contributed by atoms with Crippen LogP contribution in [0.4, 0.5) is 11.4 Å². The lowest BCUT2D eigenvalue weighted by Crippen LogP contribution is -2.58. The minimum Gasteiger partial charge on any atom is -0.356 e. The van der Waals surface area contributed by atoms with Crippen LogP contribution in [0.3, 0.4) is 0 Å². The number of rotatable bonds is 3. The normalized spacial score (nSPS) is 29.4. The van der Waals surface area contributed by atoms with Gasteiger partial charge in [0.2, 0.25) is 0 Å². The number of hydrogen-bond donors (Lipinski definition) is 1. The Kier molecular flexibility index (Phi) is 3.84. The summed E-state index contributed by atoms with van der Waals surface area (Å²) < 4.78 is 0. The van der Waals surface area contributed by atoms with Gasteiger partial charge in [0.05, 0.1) is 0 Å². The molecule has 8 rings (SSSR count). The fourth-order valence-electron chi connectivity index (χ4n) is 8.29. The van der Waals surface area contributed by atoms with Crippen molar-refractivity contribution < 1.29 is 0 Å². The first-order valence-corrected chi connectivity index (χ1v) is 13.0. The van der Waals surface area contributed by atoms with Crippen LogP contribution in [0.5, 0.6) is 0 Å². The van der Waals surface area contributed by atoms with Gasteiger partial charge in [0, 0.05) is 11.4 Å². The van der Waals surface area contributed by atoms with Gasteiger partial charge in [-0.05, 0) is 112 Å². The van der Waals surface area contributed by atoms with Crippen molar-refractivity contribution >= 4 is 11.4 Å². The molecule has 2 bridgehead atoms. The predicted octanol–water partition coefficient (Wildman–Crippen LogP) is 8.77. The number of nitrogens with one attached hydrogen (secondary N) is 1. The highest BCUT2D eigenvalue weighted by molar-refractivity contribution is 5.78. The molecule has 0 aliphatic heterocycles. The molecular weight excluding hydrogens is 410 g/mol. The number of anilines is 2. The molecule has 0 heterocycles. The molecule has 1 nitrogen and oxygen atoms in total. The highest BCUT2D eigenvalue weighted by Gasteiger charge is 2.70. The van der Waals surface area contributed by atoms with Crippen LogP contribution >= 0.6 is 0 Å². The molecule has 0 amide bonds. The number of benzene rings is 4. The second-order valence-corrected chi connectivity index (χ2v) is 11.1. The minimum absolute atomic E-state index is 0.620. The molecule has 34 heavy (non-hydrogen) atoms. The molecular formula is C33H29N. The van der Waals surface area contributed by atoms with E-state index >= 15 is 0 Å². The molecule has 0 saturated heterocycles. The molecule has 4 aromatic rings. The minimum atomic E-state index is 0.620. The monoisotopic (exact) mass is 439 g/mol. The van der Waals surface area contributed by atoms with Gasteiger partial charge in [-0.15, -0.1) is 0 Å². The highest BCUT2D eigenvalue weighted by Crippen LogP contribution is 2.80. The van der Waals surface area contributed by atoms with Gasteiger partial charge in [-0.1, -0.05) is 72.8 Å². The Morgan fingerprint density at radius 3 is 2.18 bits per heavy atom. The molecule has 3 fully saturated rings. The van der Waals surface area contributed by atoms with Crippen molar-refractivity contribution in [3.8, 4) is 22.3 Å². The van der Waals surface area contributed by atoms with Crippen LogP contribution in [-0.4, -0.2) is 0 Å². The fraction of sp³-hybridized carbons (Fsp3) is 0.273. The van der Waals surface area contributed by atoms with E-state index in [2.05, 4.69) is 102 Å². The van der Waals surface area contributed by atoms with Crippen molar-refractivity contribution in [3.05, 3.63) is 108 Å². The van der Waals surface area contributed by atoms with Crippen molar-refractivity contribution in [2.24, 2.45) is 17.3 Å². The number of hydrogen-bond acceptors (Lipinski definition) is 1. The summed E-state index contributed by atoms with van der Waals surface area (Å²) in [5.74, 6) is 3.47. The molecule has 1 N–H and O–H groups in total. The van der Waals surface area contributed by atoms with Gasteiger partial charge < -0.3 is 5.32 Å². The van der Waals surface area contributed by atoms with Crippen molar-refractivity contribution in [1.29, 1.82) is 0 Å². The summed E-state index contributed by atoms with van der Waals surface area (Å²) in [7, 11) is 0. The molecule has 166 valence electrons. The van der Waals surface area contributed by atoms with Crippen LogP contribution < -0.4 is 5.32 Å². The van der Waals surface area contributed by atoms with E-state index in [9.17, 15) is 0 Å². The molecule has 3 saturated carbocycles. The van der Waals surface area contributed by atoms with Crippen LogP contribution in [-0.2, 0) is 0 Å². The predicted molar refractivity (Wildman–Crippen MR) is 140 cm³/mol. The first-order chi connectivity index (χ1) is 16.8. The maximum absolute atomic E-state index is 3.70. The lowest BCUT2D eigenvalue weighted by atomic mass is 9.37. The summed E-state index contributed by atoms with van der Waals surface area (Å²) in [6.07, 6.45) is 5.74. The molecule has 5 atom stereocenters. The molecule has 4 aliphatic rings. The number of fused-ring (bicyclic) bond motifs is 6. The van der Waals surface area contributed by atoms with Crippen molar-refractivity contribution in [3.63, 3.8) is 0 Å². The lowest BCUT2D eigenvalue weighted by Gasteiger charge is -2.67. The third-order valence-corrected chi connectivity index (χ3v) is 9.83. The Morgan fingerprint density at radius 2 is 1.32 bits per heavy atom. The van der Waals surface area contributed by atoms with Gasteiger partial charge in [0.1, 0.15) is 0 Å². The van der Waals surface area contributed by atoms with Gasteiger partial charge in [-0.3, -0.25) is 0 Å². The second kappa shape index (κ2) is 6.85. The molecule has 0 radical (unpaired) electrons. The van der Waals surface area contributed by atoms with E-state index in [1.165, 1.54) is 53.6 Å². The van der Waals surface area contributed by atoms with Crippen molar-refractivity contribution in [2.75, 3.05) is 5.32 Å². The first kappa shape index (κ1) is 19.0. The highest BCUT2D eigenvalue weighted by atomic mass is 14.9. The average Bonchev–Trinajstić information content (AvgIpc) is 3.25. The summed E-state index contributed by atoms with van der Waals surface area (Å²) in [5, 5.41) is 3.70. The summed E-state index contributed by atoms with van der Waals surface area (Å²) in [5.41, 5.74) is 11.6. The maximum Gasteiger partial charge on any atom is 0.0390 e. The van der Waals surface area contributed by atoms with E-state index < -0.39 is 0 Å². The van der Waals surface area contributed by atoms with E-state index in [0.29, 0.717) is 5.41 Å². The fourth-order valence-corrected chi connectivity index (χ4v) is 8.29. The van der Waals surface area contributed by atoms with Crippen LogP contribution in [0, 0.1) is 17.3 Å². The Hall–Kier alpha value is -3.32. The summed E-state index contributed by atoms with van der Waals surface area (Å²) in [4.78, 5) is 0. The zero-order chi connectivity index (χ0) is 22.3. The molecule has 1 spiro atoms. The molecule has 5 unspecified atom stereocenters. The molecule has 4 aromatic carbocycles. The van der Waals surface area contributed by atoms with E-state index in [-0.39, 0.29) is 0 Å². The van der Waals surface area contributed by atoms with E-state index in [1.54, 1.807) is 11.1 Å². The van der Waals surface area contributed by atoms with Crippen molar-refractivity contribution in [2.45, 2.75) is 37.5 Å². The van der Waals surface area contributed by atoms with Gasteiger partial charge in [-0.25, -0.2) is 0 Å². The zero-order valence-electron chi connectivity index (χ0n) is 19.4. The van der Waals surface area contributed by atoms with Crippen LogP contribution in [0.1, 0.15) is 48.6 Å². The maximum atomic E-state index is 3.70. The quantitative estimate of drug-likeness (QED) is 0.336. The molecule has 1 heteroatoms. The largest absolute Gasteiger partial charge is 0.356 e. The third-order valence-electron chi connectivity index (χ3n) is 9.83. The zero-order valence-corrected chi connectivity index (χ0v) is 19.4. The second-order valence-electron chi connectivity index (χ2n) is 11.1. The Balaban J connectivity index is 1.18. The standard InChI is InChI=1S/C33H29N/c1-2-6-21(7-3-1)22-10-12-26(13-11-22)34-27-14-15-30-31(19-27)29-9-5-4-8-28(29)23-16-24-17-25-18-32(30)33(24,25)20-23/h1-15,19,23-25,32,34H,16-18,20H2. The van der Waals surface area contributed by atoms with E-state index in [0.717, 1.165) is 29.4 Å². The summed E-state index contributed by atoms with van der Waals surface area (Å²) in [6, 6.07) is 35.9. The SMILES string of the molecule is c1ccc(-c2ccc(Nc3ccc4c(c3)-c3ccccc3C3CC5CC6CC4C56C3)cc2)cc1. The van der Waals surface area contributed by atoms with Gasteiger partial charge in [0.15, 0.2) is 0 Å². The Bertz CT molecular complexity index is 1400. The average molecular weight is 440 g/mol. The van der Waals surface area contributed by atoms with Gasteiger partial charge in [0.25, 0.3) is 0 Å². The van der Waals surface area contributed by atoms with Crippen LogP contribution in [0.25, 0.3) is 22.3 Å².